The van der Waals surface area contributed by atoms with Crippen molar-refractivity contribution in [2.75, 3.05) is 11.5 Å². The van der Waals surface area contributed by atoms with Crippen LogP contribution in [0.1, 0.15) is 11.6 Å². The van der Waals surface area contributed by atoms with E-state index in [1.54, 1.807) is 6.33 Å². The summed E-state index contributed by atoms with van der Waals surface area (Å²) in [7, 11) is 0. The molecule has 106 valence electrons. The zero-order chi connectivity index (χ0) is 14.2. The molecule has 3 heterocycles. The predicted octanol–water partition coefficient (Wildman–Crippen LogP) is 2.99. The van der Waals surface area contributed by atoms with Gasteiger partial charge in [-0.2, -0.15) is 4.98 Å². The van der Waals surface area contributed by atoms with Gasteiger partial charge in [-0.15, -0.1) is 11.8 Å². The highest BCUT2D eigenvalue weighted by molar-refractivity contribution is 8.00. The van der Waals surface area contributed by atoms with Gasteiger partial charge in [-0.3, -0.25) is 0 Å². The summed E-state index contributed by atoms with van der Waals surface area (Å²) in [5.74, 6) is 2.16. The first-order valence-electron chi connectivity index (χ1n) is 6.87. The van der Waals surface area contributed by atoms with Crippen molar-refractivity contribution in [3.8, 4) is 0 Å². The van der Waals surface area contributed by atoms with Crippen LogP contribution in [0.2, 0.25) is 0 Å². The summed E-state index contributed by atoms with van der Waals surface area (Å²) in [6.07, 6.45) is 3.65. The van der Waals surface area contributed by atoms with Crippen molar-refractivity contribution in [1.82, 2.24) is 15.0 Å². The van der Waals surface area contributed by atoms with Crippen molar-refractivity contribution in [2.24, 2.45) is 0 Å². The number of hydrogen-bond donors (Lipinski definition) is 1. The lowest BCUT2D eigenvalue weighted by Gasteiger charge is -2.08. The number of aromatic nitrogens is 4. The Kier molecular flexibility index (Phi) is 3.35. The Hall–Kier alpha value is -1.53. The smallest absolute Gasteiger partial charge is 0.296 e. The van der Waals surface area contributed by atoms with Crippen LogP contribution in [-0.4, -0.2) is 26.5 Å². The topological polar surface area (TPSA) is 45.5 Å². The molecule has 21 heavy (non-hydrogen) atoms. The summed E-state index contributed by atoms with van der Waals surface area (Å²) in [5.41, 5.74) is 3.17. The Balaban J connectivity index is 1.55. The molecule has 1 N–H and O–H groups in total. The van der Waals surface area contributed by atoms with Crippen LogP contribution in [0.25, 0.3) is 11.2 Å². The molecule has 0 saturated heterocycles. The van der Waals surface area contributed by atoms with E-state index in [-0.39, 0.29) is 0 Å². The fourth-order valence-corrected chi connectivity index (χ4v) is 4.87. The van der Waals surface area contributed by atoms with Crippen molar-refractivity contribution in [3.63, 3.8) is 0 Å². The molecule has 0 radical (unpaired) electrons. The average molecular weight is 315 g/mol. The number of benzene rings is 1. The summed E-state index contributed by atoms with van der Waals surface area (Å²) in [6, 6.07) is 9.22. The molecule has 0 fully saturated rings. The molecule has 0 spiro atoms. The van der Waals surface area contributed by atoms with Gasteiger partial charge < -0.3 is 4.98 Å². The lowest BCUT2D eigenvalue weighted by molar-refractivity contribution is -0.744. The number of nitrogens with one attached hydrogen (secondary N) is 1. The molecule has 1 atom stereocenters. The van der Waals surface area contributed by atoms with Crippen LogP contribution >= 0.6 is 23.5 Å². The third kappa shape index (κ3) is 2.42. The number of aromatic amines is 1. The first kappa shape index (κ1) is 13.2. The summed E-state index contributed by atoms with van der Waals surface area (Å²) in [6.45, 7) is 2.12. The molecule has 0 saturated carbocycles. The number of thioether (sulfide) groups is 2. The molecule has 0 bridgehead atoms. The third-order valence-electron chi connectivity index (χ3n) is 3.64. The highest BCUT2D eigenvalue weighted by atomic mass is 32.2. The fraction of sp³-hybridized carbons (Fsp3) is 0.267. The van der Waals surface area contributed by atoms with Crippen molar-refractivity contribution >= 4 is 34.7 Å². The molecule has 0 amide bonds. The van der Waals surface area contributed by atoms with Crippen LogP contribution in [0.15, 0.2) is 46.8 Å². The SMILES string of the molecule is Cc1ccc(SC[C@@H]2CSc3c4[nH]cnc4nc[n+]32)cc1. The molecular formula is C15H15N4S2+. The van der Waals surface area contributed by atoms with Gasteiger partial charge in [0.2, 0.25) is 0 Å². The molecule has 6 heteroatoms. The Morgan fingerprint density at radius 2 is 2.19 bits per heavy atom. The minimum atomic E-state index is 0.483. The molecule has 0 unspecified atom stereocenters. The third-order valence-corrected chi connectivity index (χ3v) is 6.04. The first-order chi connectivity index (χ1) is 10.3. The van der Waals surface area contributed by atoms with Crippen LogP contribution in [0.5, 0.6) is 0 Å². The second-order valence-corrected chi connectivity index (χ2v) is 7.25. The van der Waals surface area contributed by atoms with E-state index in [4.69, 9.17) is 0 Å². The minimum Gasteiger partial charge on any atom is -0.337 e. The van der Waals surface area contributed by atoms with Crippen LogP contribution < -0.4 is 4.57 Å². The monoisotopic (exact) mass is 315 g/mol. The van der Waals surface area contributed by atoms with Crippen LogP contribution in [0.4, 0.5) is 0 Å². The maximum Gasteiger partial charge on any atom is 0.296 e. The van der Waals surface area contributed by atoms with E-state index in [1.165, 1.54) is 15.5 Å². The van der Waals surface area contributed by atoms with Gasteiger partial charge in [0.05, 0.1) is 6.33 Å². The number of hydrogen-bond acceptors (Lipinski definition) is 4. The average Bonchev–Trinajstić information content (AvgIpc) is 3.12. The summed E-state index contributed by atoms with van der Waals surface area (Å²) in [4.78, 5) is 13.2. The lowest BCUT2D eigenvalue weighted by Crippen LogP contribution is -2.40. The van der Waals surface area contributed by atoms with Crippen LogP contribution in [0.3, 0.4) is 0 Å². The van der Waals surface area contributed by atoms with Crippen molar-refractivity contribution < 1.29 is 4.57 Å². The minimum absolute atomic E-state index is 0.483. The Morgan fingerprint density at radius 1 is 1.33 bits per heavy atom. The van der Waals surface area contributed by atoms with Crippen molar-refractivity contribution in [1.29, 1.82) is 0 Å². The van der Waals surface area contributed by atoms with Crippen LogP contribution in [0, 0.1) is 6.92 Å². The Morgan fingerprint density at radius 3 is 3.05 bits per heavy atom. The largest absolute Gasteiger partial charge is 0.337 e. The maximum atomic E-state index is 4.43. The highest BCUT2D eigenvalue weighted by Crippen LogP contribution is 2.32. The van der Waals surface area contributed by atoms with E-state index in [9.17, 15) is 0 Å². The molecular weight excluding hydrogens is 300 g/mol. The van der Waals surface area contributed by atoms with Crippen LogP contribution in [-0.2, 0) is 0 Å². The van der Waals surface area contributed by atoms with E-state index in [1.807, 2.05) is 29.9 Å². The molecule has 3 aromatic rings. The van der Waals surface area contributed by atoms with E-state index in [0.717, 1.165) is 22.7 Å². The van der Waals surface area contributed by atoms with Gasteiger partial charge in [0, 0.05) is 16.4 Å². The normalized spacial score (nSPS) is 17.3. The molecule has 1 aromatic carbocycles. The zero-order valence-electron chi connectivity index (χ0n) is 11.6. The molecule has 1 aliphatic heterocycles. The van der Waals surface area contributed by atoms with Gasteiger partial charge in [-0.25, -0.2) is 4.57 Å². The highest BCUT2D eigenvalue weighted by Gasteiger charge is 2.31. The fourth-order valence-electron chi connectivity index (χ4n) is 2.46. The number of H-pyrrole nitrogens is 1. The quantitative estimate of drug-likeness (QED) is 0.458. The summed E-state index contributed by atoms with van der Waals surface area (Å²) < 4.78 is 2.28. The lowest BCUT2D eigenvalue weighted by atomic mass is 10.2. The predicted molar refractivity (Wildman–Crippen MR) is 85.7 cm³/mol. The van der Waals surface area contributed by atoms with Gasteiger partial charge in [0.15, 0.2) is 10.5 Å². The zero-order valence-corrected chi connectivity index (χ0v) is 13.2. The molecule has 4 nitrogen and oxygen atoms in total. The molecule has 1 aliphatic rings. The van der Waals surface area contributed by atoms with Gasteiger partial charge >= 0.3 is 0 Å². The number of fused-ring (bicyclic) bond motifs is 3. The summed E-state index contributed by atoms with van der Waals surface area (Å²) >= 11 is 3.80. The van der Waals surface area contributed by atoms with Gasteiger partial charge in [-0.05, 0) is 24.0 Å². The Labute approximate surface area is 131 Å². The number of imidazole rings is 1. The standard InChI is InChI=1S/C15H14N4S2/c1-10-2-4-12(5-3-10)20-6-11-7-21-15-13-14(17-8-16-13)18-9-19(11)15/h2-5,8-9,11H,6-7H2,1H3/p+1/t11-/m1/s1. The molecule has 0 aliphatic carbocycles. The van der Waals surface area contributed by atoms with Crippen molar-refractivity contribution in [3.05, 3.63) is 42.5 Å². The number of rotatable bonds is 3. The number of aryl methyl sites for hydroxylation is 1. The summed E-state index contributed by atoms with van der Waals surface area (Å²) in [5, 5.41) is 1.26. The van der Waals surface area contributed by atoms with Gasteiger partial charge in [0.25, 0.3) is 12.0 Å². The van der Waals surface area contributed by atoms with E-state index in [2.05, 4.69) is 50.7 Å². The van der Waals surface area contributed by atoms with E-state index < -0.39 is 0 Å². The van der Waals surface area contributed by atoms with Gasteiger partial charge in [0.1, 0.15) is 6.04 Å². The molecule has 2 aromatic heterocycles. The first-order valence-corrected chi connectivity index (χ1v) is 8.84. The van der Waals surface area contributed by atoms with E-state index >= 15 is 0 Å². The second kappa shape index (κ2) is 5.35. The molecule has 4 rings (SSSR count). The van der Waals surface area contributed by atoms with Crippen molar-refractivity contribution in [2.45, 2.75) is 22.9 Å². The van der Waals surface area contributed by atoms with E-state index in [0.29, 0.717) is 6.04 Å². The van der Waals surface area contributed by atoms with Gasteiger partial charge in [-0.1, -0.05) is 29.5 Å². The maximum absolute atomic E-state index is 4.43. The second-order valence-electron chi connectivity index (χ2n) is 5.15. The Bertz CT molecular complexity index is 782. The number of nitrogens with zero attached hydrogens (tertiary/aromatic N) is 3.